The zero-order chi connectivity index (χ0) is 14.5. The van der Waals surface area contributed by atoms with Crippen LogP contribution < -0.4 is 11.1 Å². The first-order valence-corrected chi connectivity index (χ1v) is 7.64. The highest BCUT2D eigenvalue weighted by molar-refractivity contribution is 5.84. The van der Waals surface area contributed by atoms with Gasteiger partial charge in [0.05, 0.1) is 5.54 Å². The van der Waals surface area contributed by atoms with Crippen molar-refractivity contribution in [2.45, 2.75) is 64.5 Å². The monoisotopic (exact) mass is 269 g/mol. The highest BCUT2D eigenvalue weighted by atomic mass is 16.1. The Morgan fingerprint density at radius 2 is 2.16 bits per heavy atom. The summed E-state index contributed by atoms with van der Waals surface area (Å²) < 4.78 is 0. The molecule has 1 saturated carbocycles. The fraction of sp³-hybridized carbons (Fsp3) is 0.933. The molecule has 4 heteroatoms. The third-order valence-corrected chi connectivity index (χ3v) is 4.61. The van der Waals surface area contributed by atoms with Crippen LogP contribution >= 0.6 is 0 Å². The van der Waals surface area contributed by atoms with E-state index in [0.717, 1.165) is 25.4 Å². The second-order valence-corrected chi connectivity index (χ2v) is 6.38. The number of hydrogen-bond acceptors (Lipinski definition) is 3. The number of nitrogens with one attached hydrogen (secondary N) is 1. The van der Waals surface area contributed by atoms with Gasteiger partial charge in [0.2, 0.25) is 5.91 Å². The predicted octanol–water partition coefficient (Wildman–Crippen LogP) is 1.74. The molecule has 0 radical (unpaired) electrons. The number of nitrogens with two attached hydrogens (primary N) is 1. The van der Waals surface area contributed by atoms with E-state index in [1.54, 1.807) is 0 Å². The Hall–Kier alpha value is -0.610. The molecule has 4 nitrogen and oxygen atoms in total. The molecule has 0 heterocycles. The maximum absolute atomic E-state index is 11.6. The van der Waals surface area contributed by atoms with E-state index < -0.39 is 5.54 Å². The molecule has 3 unspecified atom stereocenters. The molecule has 0 aliphatic heterocycles. The average Bonchev–Trinajstić information content (AvgIpc) is 2.36. The van der Waals surface area contributed by atoms with Crippen LogP contribution in [0.15, 0.2) is 0 Å². The van der Waals surface area contributed by atoms with Gasteiger partial charge in [-0.2, -0.15) is 0 Å². The van der Waals surface area contributed by atoms with Gasteiger partial charge < -0.3 is 16.0 Å². The molecule has 3 N–H and O–H groups in total. The lowest BCUT2D eigenvalue weighted by Gasteiger charge is -2.36. The quantitative estimate of drug-likeness (QED) is 0.740. The summed E-state index contributed by atoms with van der Waals surface area (Å²) in [6.07, 6.45) is 6.04. The summed E-state index contributed by atoms with van der Waals surface area (Å²) in [6.45, 7) is 7.95. The lowest BCUT2D eigenvalue weighted by molar-refractivity contribution is -0.124. The van der Waals surface area contributed by atoms with Gasteiger partial charge in [0, 0.05) is 12.6 Å². The summed E-state index contributed by atoms with van der Waals surface area (Å²) in [5, 5.41) is 3.22. The third kappa shape index (κ3) is 4.77. The highest BCUT2D eigenvalue weighted by Crippen LogP contribution is 2.27. The Kier molecular flexibility index (Phi) is 6.27. The molecule has 1 amide bonds. The Balaban J connectivity index is 2.47. The molecule has 1 rings (SSSR count). The van der Waals surface area contributed by atoms with E-state index in [0.29, 0.717) is 6.04 Å². The van der Waals surface area contributed by atoms with E-state index in [2.05, 4.69) is 24.2 Å². The molecular formula is C15H31N3O. The van der Waals surface area contributed by atoms with E-state index in [4.69, 9.17) is 5.73 Å². The van der Waals surface area contributed by atoms with Crippen molar-refractivity contribution in [2.75, 3.05) is 20.1 Å². The fourth-order valence-corrected chi connectivity index (χ4v) is 3.07. The number of amides is 1. The summed E-state index contributed by atoms with van der Waals surface area (Å²) in [6, 6.07) is 0.669. The van der Waals surface area contributed by atoms with Crippen molar-refractivity contribution in [1.29, 1.82) is 0 Å². The van der Waals surface area contributed by atoms with Gasteiger partial charge in [-0.1, -0.05) is 26.7 Å². The standard InChI is InChI=1S/C15H31N3O/c1-5-17-15(3,14(16)19)9-10-18(4)13-8-6-7-12(2)11-13/h12-13,17H,5-11H2,1-4H3,(H2,16,19). The Bertz CT molecular complexity index is 295. The van der Waals surface area contributed by atoms with Crippen LogP contribution in [0.1, 0.15) is 52.9 Å². The van der Waals surface area contributed by atoms with Crippen LogP contribution in [0, 0.1) is 5.92 Å². The first kappa shape index (κ1) is 16.4. The number of carbonyl (C=O) groups excluding carboxylic acids is 1. The zero-order valence-electron chi connectivity index (χ0n) is 13.0. The molecule has 112 valence electrons. The van der Waals surface area contributed by atoms with E-state index >= 15 is 0 Å². The Morgan fingerprint density at radius 3 is 2.68 bits per heavy atom. The van der Waals surface area contributed by atoms with Crippen LogP contribution in [0.4, 0.5) is 0 Å². The van der Waals surface area contributed by atoms with Crippen molar-refractivity contribution in [1.82, 2.24) is 10.2 Å². The van der Waals surface area contributed by atoms with Crippen molar-refractivity contribution in [2.24, 2.45) is 11.7 Å². The summed E-state index contributed by atoms with van der Waals surface area (Å²) in [5.41, 5.74) is 4.94. The van der Waals surface area contributed by atoms with Gasteiger partial charge in [0.15, 0.2) is 0 Å². The van der Waals surface area contributed by atoms with Crippen molar-refractivity contribution in [3.05, 3.63) is 0 Å². The largest absolute Gasteiger partial charge is 0.368 e. The molecule has 1 aliphatic carbocycles. The highest BCUT2D eigenvalue weighted by Gasteiger charge is 2.31. The van der Waals surface area contributed by atoms with E-state index in [1.807, 2.05) is 13.8 Å². The number of carbonyl (C=O) groups is 1. The Morgan fingerprint density at radius 1 is 1.47 bits per heavy atom. The normalized spacial score (nSPS) is 27.2. The predicted molar refractivity (Wildman–Crippen MR) is 79.9 cm³/mol. The number of likely N-dealkylation sites (N-methyl/N-ethyl adjacent to an activating group) is 1. The van der Waals surface area contributed by atoms with Crippen LogP contribution in [-0.4, -0.2) is 42.5 Å². The number of hydrogen-bond donors (Lipinski definition) is 2. The molecule has 0 spiro atoms. The van der Waals surface area contributed by atoms with Gasteiger partial charge in [-0.15, -0.1) is 0 Å². The van der Waals surface area contributed by atoms with E-state index in [1.165, 1.54) is 25.7 Å². The number of nitrogens with zero attached hydrogens (tertiary/aromatic N) is 1. The second kappa shape index (κ2) is 7.25. The Labute approximate surface area is 118 Å². The molecule has 0 saturated heterocycles. The third-order valence-electron chi connectivity index (χ3n) is 4.61. The van der Waals surface area contributed by atoms with Gasteiger partial charge in [-0.25, -0.2) is 0 Å². The summed E-state index contributed by atoms with van der Waals surface area (Å²) in [4.78, 5) is 14.0. The maximum Gasteiger partial charge on any atom is 0.237 e. The lowest BCUT2D eigenvalue weighted by atomic mass is 9.86. The van der Waals surface area contributed by atoms with Crippen molar-refractivity contribution in [3.8, 4) is 0 Å². The minimum Gasteiger partial charge on any atom is -0.368 e. The van der Waals surface area contributed by atoms with Gasteiger partial charge in [-0.05, 0) is 45.7 Å². The number of primary amides is 1. The molecule has 1 fully saturated rings. The van der Waals surface area contributed by atoms with Crippen molar-refractivity contribution >= 4 is 5.91 Å². The molecular weight excluding hydrogens is 238 g/mol. The fourth-order valence-electron chi connectivity index (χ4n) is 3.07. The van der Waals surface area contributed by atoms with Gasteiger partial charge in [0.1, 0.15) is 0 Å². The van der Waals surface area contributed by atoms with Gasteiger partial charge in [-0.3, -0.25) is 4.79 Å². The zero-order valence-corrected chi connectivity index (χ0v) is 13.0. The molecule has 0 aromatic carbocycles. The first-order valence-electron chi connectivity index (χ1n) is 7.64. The summed E-state index contributed by atoms with van der Waals surface area (Å²) in [5.74, 6) is 0.581. The molecule has 3 atom stereocenters. The van der Waals surface area contributed by atoms with E-state index in [-0.39, 0.29) is 5.91 Å². The van der Waals surface area contributed by atoms with Crippen LogP contribution in [0.5, 0.6) is 0 Å². The van der Waals surface area contributed by atoms with Gasteiger partial charge >= 0.3 is 0 Å². The van der Waals surface area contributed by atoms with Crippen LogP contribution in [-0.2, 0) is 4.79 Å². The minimum atomic E-state index is -0.580. The molecule has 0 aromatic heterocycles. The molecule has 0 bridgehead atoms. The second-order valence-electron chi connectivity index (χ2n) is 6.38. The topological polar surface area (TPSA) is 58.4 Å². The van der Waals surface area contributed by atoms with Crippen LogP contribution in [0.2, 0.25) is 0 Å². The van der Waals surface area contributed by atoms with Crippen molar-refractivity contribution < 1.29 is 4.79 Å². The van der Waals surface area contributed by atoms with Crippen molar-refractivity contribution in [3.63, 3.8) is 0 Å². The minimum absolute atomic E-state index is 0.250. The van der Waals surface area contributed by atoms with Crippen LogP contribution in [0.3, 0.4) is 0 Å². The summed E-state index contributed by atoms with van der Waals surface area (Å²) >= 11 is 0. The molecule has 0 aromatic rings. The lowest BCUT2D eigenvalue weighted by Crippen LogP contribution is -2.54. The number of rotatable bonds is 7. The first-order chi connectivity index (χ1) is 8.89. The van der Waals surface area contributed by atoms with Gasteiger partial charge in [0.25, 0.3) is 0 Å². The van der Waals surface area contributed by atoms with E-state index in [9.17, 15) is 4.79 Å². The summed E-state index contributed by atoms with van der Waals surface area (Å²) in [7, 11) is 2.18. The maximum atomic E-state index is 11.6. The molecule has 1 aliphatic rings. The van der Waals surface area contributed by atoms with Crippen LogP contribution in [0.25, 0.3) is 0 Å². The smallest absolute Gasteiger partial charge is 0.237 e. The average molecular weight is 269 g/mol. The molecule has 19 heavy (non-hydrogen) atoms. The SMILES string of the molecule is CCNC(C)(CCN(C)C1CCCC(C)C1)C(N)=O.